The third-order valence-electron chi connectivity index (χ3n) is 4.64. The zero-order valence-corrected chi connectivity index (χ0v) is 16.7. The van der Waals surface area contributed by atoms with Crippen LogP contribution in [0.1, 0.15) is 27.6 Å². The second kappa shape index (κ2) is 9.50. The Morgan fingerprint density at radius 3 is 2.77 bits per heavy atom. The van der Waals surface area contributed by atoms with Crippen LogP contribution < -0.4 is 10.6 Å². The summed E-state index contributed by atoms with van der Waals surface area (Å²) in [6.07, 6.45) is 2.81. The third-order valence-corrected chi connectivity index (χ3v) is 4.64. The lowest BCUT2D eigenvalue weighted by atomic mass is 10.1. The van der Waals surface area contributed by atoms with Crippen LogP contribution in [0.25, 0.3) is 5.69 Å². The fourth-order valence-corrected chi connectivity index (χ4v) is 3.10. The molecule has 0 saturated carbocycles. The quantitative estimate of drug-likeness (QED) is 0.667. The number of nitriles is 1. The van der Waals surface area contributed by atoms with Gasteiger partial charge in [0, 0.05) is 25.0 Å². The van der Waals surface area contributed by atoms with Crippen LogP contribution in [0, 0.1) is 17.1 Å². The summed E-state index contributed by atoms with van der Waals surface area (Å²) >= 11 is 0. The fourth-order valence-electron chi connectivity index (χ4n) is 3.10. The van der Waals surface area contributed by atoms with Gasteiger partial charge in [-0.2, -0.15) is 10.4 Å². The van der Waals surface area contributed by atoms with Crippen LogP contribution in [0.4, 0.5) is 10.1 Å². The molecule has 1 unspecified atom stereocenters. The van der Waals surface area contributed by atoms with Crippen molar-refractivity contribution in [3.8, 4) is 11.8 Å². The lowest BCUT2D eigenvalue weighted by Crippen LogP contribution is -2.33. The second-order valence-electron chi connectivity index (χ2n) is 6.59. The van der Waals surface area contributed by atoms with Crippen LogP contribution in [0.15, 0.2) is 54.9 Å². The largest absolute Gasteiger partial charge is 0.371 e. The molecule has 154 valence electrons. The summed E-state index contributed by atoms with van der Waals surface area (Å²) in [5.41, 5.74) is 2.35. The molecule has 1 atom stereocenters. The summed E-state index contributed by atoms with van der Waals surface area (Å²) < 4.78 is 21.1. The van der Waals surface area contributed by atoms with Gasteiger partial charge in [0.25, 0.3) is 5.91 Å². The molecular weight excluding hydrogens is 409 g/mol. The lowest BCUT2D eigenvalue weighted by molar-refractivity contribution is 0.0277. The first-order chi connectivity index (χ1) is 14.1. The van der Waals surface area contributed by atoms with Gasteiger partial charge in [-0.3, -0.25) is 4.79 Å². The summed E-state index contributed by atoms with van der Waals surface area (Å²) in [5.74, 6) is -0.942. The number of hydrogen-bond acceptors (Lipinski definition) is 5. The van der Waals surface area contributed by atoms with Crippen molar-refractivity contribution in [3.63, 3.8) is 0 Å². The van der Waals surface area contributed by atoms with Crippen LogP contribution in [-0.2, 0) is 4.74 Å². The molecule has 2 heterocycles. The molecule has 1 aliphatic heterocycles. The van der Waals surface area contributed by atoms with Gasteiger partial charge in [0.1, 0.15) is 11.5 Å². The zero-order valence-electron chi connectivity index (χ0n) is 15.8. The molecule has 4 rings (SSSR count). The highest BCUT2D eigenvalue weighted by Crippen LogP contribution is 2.21. The Labute approximate surface area is 178 Å². The Kier molecular flexibility index (Phi) is 6.79. The predicted octanol–water partition coefficient (Wildman–Crippen LogP) is 3.22. The number of rotatable bonds is 4. The van der Waals surface area contributed by atoms with Gasteiger partial charge in [0.15, 0.2) is 0 Å². The molecule has 0 spiro atoms. The fraction of sp³-hybridized carbons (Fsp3) is 0.190. The lowest BCUT2D eigenvalue weighted by Gasteiger charge is -2.24. The number of carbonyl (C=O) groups excluding carboxylic acids is 1. The van der Waals surface area contributed by atoms with Crippen molar-refractivity contribution >= 4 is 24.0 Å². The number of benzene rings is 2. The van der Waals surface area contributed by atoms with Crippen LogP contribution in [-0.4, -0.2) is 35.4 Å². The first-order valence-corrected chi connectivity index (χ1v) is 9.12. The Hall–Kier alpha value is -3.25. The SMILES string of the molecule is Cl.N#Cc1ccc(-n2cc(C(=O)Nc3ccc(C4CNCCO4)cc3)cn2)c(F)c1. The van der Waals surface area contributed by atoms with Gasteiger partial charge in [0.05, 0.1) is 36.1 Å². The maximum atomic E-state index is 14.1. The number of ether oxygens (including phenoxy) is 1. The predicted molar refractivity (Wildman–Crippen MR) is 111 cm³/mol. The Morgan fingerprint density at radius 1 is 1.30 bits per heavy atom. The molecule has 9 heteroatoms. The average Bonchev–Trinajstić information content (AvgIpc) is 3.25. The van der Waals surface area contributed by atoms with Crippen molar-refractivity contribution in [3.05, 3.63) is 77.4 Å². The number of aromatic nitrogens is 2. The van der Waals surface area contributed by atoms with Crippen LogP contribution in [0.2, 0.25) is 0 Å². The van der Waals surface area contributed by atoms with Crippen LogP contribution >= 0.6 is 12.4 Å². The molecule has 7 nitrogen and oxygen atoms in total. The van der Waals surface area contributed by atoms with Crippen molar-refractivity contribution in [1.82, 2.24) is 15.1 Å². The van der Waals surface area contributed by atoms with Gasteiger partial charge in [-0.25, -0.2) is 9.07 Å². The minimum atomic E-state index is -0.589. The molecule has 1 saturated heterocycles. The minimum Gasteiger partial charge on any atom is -0.371 e. The van der Waals surface area contributed by atoms with Gasteiger partial charge in [-0.05, 0) is 35.9 Å². The summed E-state index contributed by atoms with van der Waals surface area (Å²) in [6, 6.07) is 13.4. The van der Waals surface area contributed by atoms with Crippen molar-refractivity contribution in [1.29, 1.82) is 5.26 Å². The summed E-state index contributed by atoms with van der Waals surface area (Å²) in [6.45, 7) is 2.29. The van der Waals surface area contributed by atoms with Crippen molar-refractivity contribution in [2.75, 3.05) is 25.0 Å². The van der Waals surface area contributed by atoms with E-state index in [0.29, 0.717) is 12.3 Å². The van der Waals surface area contributed by atoms with Gasteiger partial charge in [-0.1, -0.05) is 12.1 Å². The normalized spacial score (nSPS) is 15.7. The molecule has 1 fully saturated rings. The first-order valence-electron chi connectivity index (χ1n) is 9.12. The molecule has 1 aromatic heterocycles. The molecule has 30 heavy (non-hydrogen) atoms. The van der Waals surface area contributed by atoms with Crippen molar-refractivity contribution in [2.24, 2.45) is 0 Å². The molecule has 0 bridgehead atoms. The molecule has 0 aliphatic carbocycles. The Morgan fingerprint density at radius 2 is 2.10 bits per heavy atom. The maximum Gasteiger partial charge on any atom is 0.258 e. The summed E-state index contributed by atoms with van der Waals surface area (Å²) in [4.78, 5) is 12.5. The standard InChI is InChI=1S/C21H18FN5O2.ClH/c22-18-9-14(10-23)1-6-19(18)27-13-16(11-25-27)21(28)26-17-4-2-15(3-5-17)20-12-24-7-8-29-20;/h1-6,9,11,13,20,24H,7-8,12H2,(H,26,28);1H. The molecule has 2 N–H and O–H groups in total. The Bertz CT molecular complexity index is 1070. The van der Waals surface area contributed by atoms with E-state index in [1.807, 2.05) is 30.3 Å². The number of nitrogens with zero attached hydrogens (tertiary/aromatic N) is 3. The van der Waals surface area contributed by atoms with Crippen molar-refractivity contribution in [2.45, 2.75) is 6.10 Å². The van der Waals surface area contributed by atoms with Crippen LogP contribution in [0.5, 0.6) is 0 Å². The van der Waals surface area contributed by atoms with E-state index in [1.165, 1.54) is 29.2 Å². The highest BCUT2D eigenvalue weighted by atomic mass is 35.5. The minimum absolute atomic E-state index is 0. The zero-order chi connectivity index (χ0) is 20.2. The van der Waals surface area contributed by atoms with E-state index in [4.69, 9.17) is 10.00 Å². The third kappa shape index (κ3) is 4.66. The molecule has 2 aromatic carbocycles. The molecule has 0 radical (unpaired) electrons. The monoisotopic (exact) mass is 427 g/mol. The van der Waals surface area contributed by atoms with Gasteiger partial charge >= 0.3 is 0 Å². The molecule has 1 aliphatic rings. The van der Waals surface area contributed by atoms with E-state index in [2.05, 4.69) is 15.7 Å². The highest BCUT2D eigenvalue weighted by molar-refractivity contribution is 6.04. The number of nitrogens with one attached hydrogen (secondary N) is 2. The number of hydrogen-bond donors (Lipinski definition) is 2. The Balaban J connectivity index is 0.00000256. The maximum absolute atomic E-state index is 14.1. The van der Waals surface area contributed by atoms with E-state index in [0.717, 1.165) is 24.7 Å². The molecular formula is C21H19ClFN5O2. The number of anilines is 1. The number of amides is 1. The molecule has 3 aromatic rings. The first kappa shape index (κ1) is 21.5. The van der Waals surface area contributed by atoms with E-state index in [9.17, 15) is 9.18 Å². The van der Waals surface area contributed by atoms with Gasteiger partial charge < -0.3 is 15.4 Å². The van der Waals surface area contributed by atoms with E-state index < -0.39 is 5.82 Å². The smallest absolute Gasteiger partial charge is 0.258 e. The number of halogens is 2. The van der Waals surface area contributed by atoms with E-state index in [-0.39, 0.29) is 41.2 Å². The summed E-state index contributed by atoms with van der Waals surface area (Å²) in [5, 5.41) is 19.0. The highest BCUT2D eigenvalue weighted by Gasteiger charge is 2.16. The second-order valence-corrected chi connectivity index (χ2v) is 6.59. The average molecular weight is 428 g/mol. The summed E-state index contributed by atoms with van der Waals surface area (Å²) in [7, 11) is 0. The topological polar surface area (TPSA) is 92.0 Å². The van der Waals surface area contributed by atoms with Gasteiger partial charge in [-0.15, -0.1) is 12.4 Å². The van der Waals surface area contributed by atoms with Crippen LogP contribution in [0.3, 0.4) is 0 Å². The number of carbonyl (C=O) groups is 1. The number of morpholine rings is 1. The molecule has 1 amide bonds. The van der Waals surface area contributed by atoms with E-state index in [1.54, 1.807) is 0 Å². The van der Waals surface area contributed by atoms with E-state index >= 15 is 0 Å². The van der Waals surface area contributed by atoms with Gasteiger partial charge in [0.2, 0.25) is 0 Å². The van der Waals surface area contributed by atoms with Crippen molar-refractivity contribution < 1.29 is 13.9 Å².